The van der Waals surface area contributed by atoms with Gasteiger partial charge >= 0.3 is 0 Å². The van der Waals surface area contributed by atoms with Crippen LogP contribution in [0.1, 0.15) is 6.92 Å². The lowest BCUT2D eigenvalue weighted by atomic mass is 10.3. The third-order valence-corrected chi connectivity index (χ3v) is 2.52. The van der Waals surface area contributed by atoms with E-state index in [0.29, 0.717) is 12.4 Å². The van der Waals surface area contributed by atoms with Crippen molar-refractivity contribution in [3.8, 4) is 11.5 Å². The second-order valence-electron chi connectivity index (χ2n) is 4.17. The number of ether oxygens (including phenoxy) is 3. The Kier molecular flexibility index (Phi) is 7.03. The van der Waals surface area contributed by atoms with E-state index in [1.54, 1.807) is 24.3 Å². The second-order valence-corrected chi connectivity index (χ2v) is 4.17. The Morgan fingerprint density at radius 2 is 1.76 bits per heavy atom. The molecule has 7 nitrogen and oxygen atoms in total. The summed E-state index contributed by atoms with van der Waals surface area (Å²) in [6, 6.07) is 6.01. The molecule has 1 atom stereocenters. The van der Waals surface area contributed by atoms with Gasteiger partial charge in [0.25, 0.3) is 5.91 Å². The summed E-state index contributed by atoms with van der Waals surface area (Å²) in [5.41, 5.74) is 5.14. The minimum Gasteiger partial charge on any atom is -0.494 e. The van der Waals surface area contributed by atoms with Crippen molar-refractivity contribution < 1.29 is 23.8 Å². The normalized spacial score (nSPS) is 11.5. The van der Waals surface area contributed by atoms with Crippen molar-refractivity contribution in [3.63, 3.8) is 0 Å². The number of amides is 2. The lowest BCUT2D eigenvalue weighted by Gasteiger charge is -2.14. The van der Waals surface area contributed by atoms with Crippen LogP contribution in [0.2, 0.25) is 0 Å². The molecule has 0 aromatic heterocycles. The number of benzene rings is 1. The lowest BCUT2D eigenvalue weighted by Crippen LogP contribution is -2.48. The van der Waals surface area contributed by atoms with Crippen LogP contribution in [0.5, 0.6) is 11.5 Å². The van der Waals surface area contributed by atoms with Crippen molar-refractivity contribution in [2.24, 2.45) is 5.73 Å². The van der Waals surface area contributed by atoms with Crippen LogP contribution in [0.3, 0.4) is 0 Å². The van der Waals surface area contributed by atoms with Gasteiger partial charge in [-0.2, -0.15) is 0 Å². The number of hydrogen-bond donors (Lipinski definition) is 2. The van der Waals surface area contributed by atoms with Gasteiger partial charge in [0.1, 0.15) is 17.5 Å². The first kappa shape index (κ1) is 16.8. The molecular formula is C14H20N2O5. The first-order valence-electron chi connectivity index (χ1n) is 6.50. The lowest BCUT2D eigenvalue weighted by molar-refractivity contribution is -0.129. The molecule has 2 amide bonds. The van der Waals surface area contributed by atoms with E-state index in [9.17, 15) is 9.59 Å². The van der Waals surface area contributed by atoms with Crippen molar-refractivity contribution in [1.29, 1.82) is 0 Å². The fourth-order valence-electron chi connectivity index (χ4n) is 1.55. The standard InChI is InChI=1S/C14H20N2O5/c1-3-20-10-4-6-11(7-5-10)21-9-13(17)16-12(8-19-2)14(15)18/h4-7,12H,3,8-9H2,1-2H3,(H2,15,18)(H,16,17)/t12-/m0/s1. The van der Waals surface area contributed by atoms with Crippen molar-refractivity contribution in [3.05, 3.63) is 24.3 Å². The summed E-state index contributed by atoms with van der Waals surface area (Å²) >= 11 is 0. The first-order valence-corrected chi connectivity index (χ1v) is 6.50. The average Bonchev–Trinajstić information content (AvgIpc) is 2.46. The summed E-state index contributed by atoms with van der Waals surface area (Å²) < 4.78 is 15.4. The molecule has 0 saturated carbocycles. The predicted octanol–water partition coefficient (Wildman–Crippen LogP) is 0.0806. The van der Waals surface area contributed by atoms with Crippen LogP contribution < -0.4 is 20.5 Å². The quantitative estimate of drug-likeness (QED) is 0.672. The molecule has 1 aromatic rings. The molecule has 0 aliphatic heterocycles. The van der Waals surface area contributed by atoms with Gasteiger partial charge in [0.2, 0.25) is 5.91 Å². The van der Waals surface area contributed by atoms with Gasteiger partial charge in [-0.1, -0.05) is 0 Å². The summed E-state index contributed by atoms with van der Waals surface area (Å²) in [6.07, 6.45) is 0. The molecule has 1 aromatic carbocycles. The summed E-state index contributed by atoms with van der Waals surface area (Å²) in [5, 5.41) is 2.43. The number of rotatable bonds is 9. The first-order chi connectivity index (χ1) is 10.1. The van der Waals surface area contributed by atoms with Gasteiger partial charge in [0.05, 0.1) is 13.2 Å². The van der Waals surface area contributed by atoms with Gasteiger partial charge in [0, 0.05) is 7.11 Å². The van der Waals surface area contributed by atoms with Gasteiger partial charge in [-0.3, -0.25) is 9.59 Å². The smallest absolute Gasteiger partial charge is 0.258 e. The van der Waals surface area contributed by atoms with Crippen LogP contribution in [-0.2, 0) is 14.3 Å². The zero-order chi connectivity index (χ0) is 15.7. The summed E-state index contributed by atoms with van der Waals surface area (Å²) in [6.45, 7) is 2.27. The van der Waals surface area contributed by atoms with E-state index >= 15 is 0 Å². The molecule has 0 fully saturated rings. The van der Waals surface area contributed by atoms with Gasteiger partial charge in [0.15, 0.2) is 6.61 Å². The van der Waals surface area contributed by atoms with E-state index in [2.05, 4.69) is 5.32 Å². The Labute approximate surface area is 123 Å². The molecule has 1 rings (SSSR count). The van der Waals surface area contributed by atoms with E-state index in [4.69, 9.17) is 19.9 Å². The molecule has 0 aliphatic carbocycles. The predicted molar refractivity (Wildman–Crippen MR) is 76.1 cm³/mol. The number of hydrogen-bond acceptors (Lipinski definition) is 5. The van der Waals surface area contributed by atoms with E-state index in [-0.39, 0.29) is 13.2 Å². The monoisotopic (exact) mass is 296 g/mol. The Morgan fingerprint density at radius 3 is 2.24 bits per heavy atom. The molecule has 0 aliphatic rings. The van der Waals surface area contributed by atoms with Crippen LogP contribution in [0.4, 0.5) is 0 Å². The SMILES string of the molecule is CCOc1ccc(OCC(=O)N[C@@H](COC)C(N)=O)cc1. The highest BCUT2D eigenvalue weighted by Crippen LogP contribution is 2.17. The maximum atomic E-state index is 11.7. The van der Waals surface area contributed by atoms with Gasteiger partial charge in [-0.05, 0) is 31.2 Å². The molecule has 116 valence electrons. The Hall–Kier alpha value is -2.28. The highest BCUT2D eigenvalue weighted by Gasteiger charge is 2.17. The molecule has 3 N–H and O–H groups in total. The number of methoxy groups -OCH3 is 1. The summed E-state index contributed by atoms with van der Waals surface area (Å²) in [4.78, 5) is 22.7. The second kappa shape index (κ2) is 8.80. The zero-order valence-corrected chi connectivity index (χ0v) is 12.1. The molecule has 0 bridgehead atoms. The van der Waals surface area contributed by atoms with Crippen LogP contribution in [-0.4, -0.2) is 44.8 Å². The van der Waals surface area contributed by atoms with Gasteiger partial charge in [-0.25, -0.2) is 0 Å². The van der Waals surface area contributed by atoms with E-state index in [1.807, 2.05) is 6.92 Å². The number of carbonyl (C=O) groups excluding carboxylic acids is 2. The third-order valence-electron chi connectivity index (χ3n) is 2.52. The Morgan fingerprint density at radius 1 is 1.19 bits per heavy atom. The molecule has 21 heavy (non-hydrogen) atoms. The number of nitrogens with one attached hydrogen (secondary N) is 1. The van der Waals surface area contributed by atoms with Crippen molar-refractivity contribution in [2.75, 3.05) is 26.9 Å². The van der Waals surface area contributed by atoms with Crippen LogP contribution >= 0.6 is 0 Å². The van der Waals surface area contributed by atoms with Crippen LogP contribution in [0.25, 0.3) is 0 Å². The molecule has 0 heterocycles. The van der Waals surface area contributed by atoms with E-state index in [1.165, 1.54) is 7.11 Å². The maximum absolute atomic E-state index is 11.7. The molecule has 0 spiro atoms. The van der Waals surface area contributed by atoms with Crippen LogP contribution in [0.15, 0.2) is 24.3 Å². The summed E-state index contributed by atoms with van der Waals surface area (Å²) in [7, 11) is 1.42. The Balaban J connectivity index is 2.43. The number of carbonyl (C=O) groups is 2. The van der Waals surface area contributed by atoms with Gasteiger partial charge in [-0.15, -0.1) is 0 Å². The van der Waals surface area contributed by atoms with Crippen molar-refractivity contribution in [2.45, 2.75) is 13.0 Å². The minimum atomic E-state index is -0.869. The average molecular weight is 296 g/mol. The van der Waals surface area contributed by atoms with Crippen molar-refractivity contribution >= 4 is 11.8 Å². The highest BCUT2D eigenvalue weighted by atomic mass is 16.5. The molecule has 0 radical (unpaired) electrons. The van der Waals surface area contributed by atoms with E-state index < -0.39 is 17.9 Å². The van der Waals surface area contributed by atoms with Crippen molar-refractivity contribution in [1.82, 2.24) is 5.32 Å². The third kappa shape index (κ3) is 6.13. The maximum Gasteiger partial charge on any atom is 0.258 e. The van der Waals surface area contributed by atoms with Gasteiger partial charge < -0.3 is 25.3 Å². The largest absolute Gasteiger partial charge is 0.494 e. The summed E-state index contributed by atoms with van der Waals surface area (Å²) in [5.74, 6) is 0.134. The molecular weight excluding hydrogens is 276 g/mol. The highest BCUT2D eigenvalue weighted by molar-refractivity contribution is 5.87. The minimum absolute atomic E-state index is 0.0180. The molecule has 7 heteroatoms. The fourth-order valence-corrected chi connectivity index (χ4v) is 1.55. The molecule has 0 unspecified atom stereocenters. The van der Waals surface area contributed by atoms with E-state index in [0.717, 1.165) is 5.75 Å². The fraction of sp³-hybridized carbons (Fsp3) is 0.429. The molecule has 0 saturated heterocycles. The zero-order valence-electron chi connectivity index (χ0n) is 12.1. The Bertz CT molecular complexity index is 461. The number of primary amides is 1. The van der Waals surface area contributed by atoms with Crippen LogP contribution in [0, 0.1) is 0 Å². The topological polar surface area (TPSA) is 99.9 Å². The number of nitrogens with two attached hydrogens (primary N) is 1.